The van der Waals surface area contributed by atoms with Crippen LogP contribution in [0.5, 0.6) is 0 Å². The first-order valence-electron chi connectivity index (χ1n) is 5.87. The van der Waals surface area contributed by atoms with Crippen LogP contribution < -0.4 is 11.1 Å². The zero-order valence-corrected chi connectivity index (χ0v) is 10.4. The Balaban J connectivity index is 2.42. The fourth-order valence-corrected chi connectivity index (χ4v) is 1.53. The van der Waals surface area contributed by atoms with Crippen molar-refractivity contribution in [2.45, 2.75) is 26.4 Å². The molecule has 0 aliphatic carbocycles. The van der Waals surface area contributed by atoms with Crippen LogP contribution in [0.4, 0.5) is 0 Å². The Kier molecular flexibility index (Phi) is 5.43. The number of nitrogens with two attached hydrogens (primary N) is 1. The highest BCUT2D eigenvalue weighted by Crippen LogP contribution is 2.02. The molecule has 3 heteroatoms. The van der Waals surface area contributed by atoms with Gasteiger partial charge in [-0.2, -0.15) is 0 Å². The molecule has 1 amide bonds. The standard InChI is InChI=1S/C14H20N2O/c1-11(2)10-13(15)16-14(17)9-8-12-6-4-3-5-7-12/h3-9,11,13H,10,15H2,1-2H3,(H,16,17). The first-order valence-corrected chi connectivity index (χ1v) is 5.87. The number of nitrogens with one attached hydrogen (secondary N) is 1. The maximum Gasteiger partial charge on any atom is 0.245 e. The van der Waals surface area contributed by atoms with E-state index in [0.717, 1.165) is 12.0 Å². The van der Waals surface area contributed by atoms with E-state index in [-0.39, 0.29) is 12.1 Å². The summed E-state index contributed by atoms with van der Waals surface area (Å²) >= 11 is 0. The summed E-state index contributed by atoms with van der Waals surface area (Å²) < 4.78 is 0. The number of carbonyl (C=O) groups is 1. The van der Waals surface area contributed by atoms with Gasteiger partial charge in [0.25, 0.3) is 0 Å². The van der Waals surface area contributed by atoms with E-state index in [1.54, 1.807) is 6.08 Å². The summed E-state index contributed by atoms with van der Waals surface area (Å²) in [6.07, 6.45) is 3.79. The van der Waals surface area contributed by atoms with Gasteiger partial charge in [0, 0.05) is 6.08 Å². The first-order chi connectivity index (χ1) is 8.08. The van der Waals surface area contributed by atoms with Crippen molar-refractivity contribution in [2.75, 3.05) is 0 Å². The molecule has 3 nitrogen and oxygen atoms in total. The Morgan fingerprint density at radius 2 is 2.00 bits per heavy atom. The van der Waals surface area contributed by atoms with Gasteiger partial charge in [-0.05, 0) is 24.0 Å². The summed E-state index contributed by atoms with van der Waals surface area (Å²) in [5.41, 5.74) is 6.78. The SMILES string of the molecule is CC(C)CC(N)NC(=O)C=Cc1ccccc1. The van der Waals surface area contributed by atoms with Gasteiger partial charge in [-0.1, -0.05) is 44.2 Å². The van der Waals surface area contributed by atoms with E-state index in [2.05, 4.69) is 19.2 Å². The minimum atomic E-state index is -0.275. The Morgan fingerprint density at radius 3 is 2.59 bits per heavy atom. The summed E-state index contributed by atoms with van der Waals surface area (Å²) in [4.78, 5) is 11.5. The molecule has 0 radical (unpaired) electrons. The molecule has 0 heterocycles. The third kappa shape index (κ3) is 5.88. The summed E-state index contributed by atoms with van der Waals surface area (Å²) in [5, 5.41) is 2.73. The highest BCUT2D eigenvalue weighted by molar-refractivity contribution is 5.91. The second-order valence-corrected chi connectivity index (χ2v) is 4.49. The maximum absolute atomic E-state index is 11.5. The van der Waals surface area contributed by atoms with Crippen LogP contribution in [0.1, 0.15) is 25.8 Å². The summed E-state index contributed by atoms with van der Waals surface area (Å²) in [5.74, 6) is 0.324. The highest BCUT2D eigenvalue weighted by Gasteiger charge is 2.06. The van der Waals surface area contributed by atoms with Gasteiger partial charge < -0.3 is 11.1 Å². The van der Waals surface area contributed by atoms with E-state index in [9.17, 15) is 4.79 Å². The summed E-state index contributed by atoms with van der Waals surface area (Å²) in [7, 11) is 0. The van der Waals surface area contributed by atoms with Crippen molar-refractivity contribution in [1.29, 1.82) is 0 Å². The van der Waals surface area contributed by atoms with Crippen LogP contribution in [0.3, 0.4) is 0 Å². The van der Waals surface area contributed by atoms with Gasteiger partial charge in [0.1, 0.15) is 0 Å². The number of hydrogen-bond acceptors (Lipinski definition) is 2. The Hall–Kier alpha value is -1.61. The van der Waals surface area contributed by atoms with Crippen molar-refractivity contribution >= 4 is 12.0 Å². The van der Waals surface area contributed by atoms with Gasteiger partial charge in [0.15, 0.2) is 0 Å². The molecule has 0 spiro atoms. The average molecular weight is 232 g/mol. The molecule has 1 aromatic carbocycles. The van der Waals surface area contributed by atoms with E-state index < -0.39 is 0 Å². The van der Waals surface area contributed by atoms with Crippen molar-refractivity contribution in [3.05, 3.63) is 42.0 Å². The Labute approximate surface area is 103 Å². The van der Waals surface area contributed by atoms with Crippen molar-refractivity contribution in [3.8, 4) is 0 Å². The van der Waals surface area contributed by atoms with Gasteiger partial charge in [-0.15, -0.1) is 0 Å². The first kappa shape index (κ1) is 13.5. The van der Waals surface area contributed by atoms with Crippen LogP contribution in [0.15, 0.2) is 36.4 Å². The van der Waals surface area contributed by atoms with Crippen molar-refractivity contribution in [1.82, 2.24) is 5.32 Å². The molecular formula is C14H20N2O. The molecule has 0 saturated carbocycles. The van der Waals surface area contributed by atoms with Crippen molar-refractivity contribution < 1.29 is 4.79 Å². The van der Waals surface area contributed by atoms with E-state index in [1.807, 2.05) is 30.3 Å². The molecule has 0 saturated heterocycles. The van der Waals surface area contributed by atoms with Crippen LogP contribution in [0.2, 0.25) is 0 Å². The molecule has 0 aliphatic heterocycles. The molecule has 92 valence electrons. The monoisotopic (exact) mass is 232 g/mol. The number of hydrogen-bond donors (Lipinski definition) is 2. The second-order valence-electron chi connectivity index (χ2n) is 4.49. The number of benzene rings is 1. The predicted octanol–water partition coefficient (Wildman–Crippen LogP) is 2.15. The number of rotatable bonds is 5. The van der Waals surface area contributed by atoms with Crippen molar-refractivity contribution in [3.63, 3.8) is 0 Å². The van der Waals surface area contributed by atoms with Crippen molar-refractivity contribution in [2.24, 2.45) is 11.7 Å². The average Bonchev–Trinajstić information content (AvgIpc) is 2.26. The highest BCUT2D eigenvalue weighted by atomic mass is 16.1. The lowest BCUT2D eigenvalue weighted by atomic mass is 10.1. The normalized spacial score (nSPS) is 12.9. The molecule has 0 aliphatic rings. The molecule has 1 unspecified atom stereocenters. The number of amides is 1. The van der Waals surface area contributed by atoms with Crippen LogP contribution in [-0.2, 0) is 4.79 Å². The smallest absolute Gasteiger partial charge is 0.245 e. The molecular weight excluding hydrogens is 212 g/mol. The fourth-order valence-electron chi connectivity index (χ4n) is 1.53. The predicted molar refractivity (Wildman–Crippen MR) is 71.0 cm³/mol. The lowest BCUT2D eigenvalue weighted by Crippen LogP contribution is -2.41. The largest absolute Gasteiger partial charge is 0.337 e. The Bertz CT molecular complexity index is 371. The fraction of sp³-hybridized carbons (Fsp3) is 0.357. The molecule has 0 aromatic heterocycles. The third-order valence-electron chi connectivity index (χ3n) is 2.28. The zero-order valence-electron chi connectivity index (χ0n) is 10.4. The van der Waals surface area contributed by atoms with Crippen LogP contribution in [0, 0.1) is 5.92 Å². The maximum atomic E-state index is 11.5. The molecule has 1 rings (SSSR count). The molecule has 0 fully saturated rings. The lowest BCUT2D eigenvalue weighted by molar-refractivity contribution is -0.117. The number of carbonyl (C=O) groups excluding carboxylic acids is 1. The summed E-state index contributed by atoms with van der Waals surface area (Å²) in [6.45, 7) is 4.15. The third-order valence-corrected chi connectivity index (χ3v) is 2.28. The quantitative estimate of drug-likeness (QED) is 0.603. The van der Waals surface area contributed by atoms with Gasteiger partial charge in [0.2, 0.25) is 5.91 Å². The van der Waals surface area contributed by atoms with Gasteiger partial charge in [0.05, 0.1) is 6.17 Å². The van der Waals surface area contributed by atoms with Gasteiger partial charge >= 0.3 is 0 Å². The summed E-state index contributed by atoms with van der Waals surface area (Å²) in [6, 6.07) is 9.69. The molecule has 1 atom stereocenters. The van der Waals surface area contributed by atoms with E-state index >= 15 is 0 Å². The van der Waals surface area contributed by atoms with Gasteiger partial charge in [-0.25, -0.2) is 0 Å². The topological polar surface area (TPSA) is 55.1 Å². The van der Waals surface area contributed by atoms with Crippen LogP contribution >= 0.6 is 0 Å². The Morgan fingerprint density at radius 1 is 1.35 bits per heavy atom. The van der Waals surface area contributed by atoms with Gasteiger partial charge in [-0.3, -0.25) is 4.79 Å². The van der Waals surface area contributed by atoms with Crippen LogP contribution in [0.25, 0.3) is 6.08 Å². The van der Waals surface area contributed by atoms with E-state index in [4.69, 9.17) is 5.73 Å². The lowest BCUT2D eigenvalue weighted by Gasteiger charge is -2.14. The van der Waals surface area contributed by atoms with E-state index in [1.165, 1.54) is 6.08 Å². The minimum absolute atomic E-state index is 0.151. The zero-order chi connectivity index (χ0) is 12.7. The molecule has 0 bridgehead atoms. The minimum Gasteiger partial charge on any atom is -0.337 e. The second kappa shape index (κ2) is 6.86. The molecule has 1 aromatic rings. The van der Waals surface area contributed by atoms with E-state index in [0.29, 0.717) is 5.92 Å². The molecule has 3 N–H and O–H groups in total. The molecule has 17 heavy (non-hydrogen) atoms. The van der Waals surface area contributed by atoms with Crippen LogP contribution in [-0.4, -0.2) is 12.1 Å².